The van der Waals surface area contributed by atoms with Gasteiger partial charge in [-0.15, -0.1) is 0 Å². The van der Waals surface area contributed by atoms with Crippen LogP contribution in [0.3, 0.4) is 0 Å². The highest BCUT2D eigenvalue weighted by molar-refractivity contribution is 7.17. The number of carbonyl (C=O) groups is 1. The van der Waals surface area contributed by atoms with E-state index < -0.39 is 11.6 Å². The fraction of sp³-hybridized carbons (Fsp3) is 0.286. The lowest BCUT2D eigenvalue weighted by atomic mass is 9.81. The third-order valence-electron chi connectivity index (χ3n) is 4.16. The van der Waals surface area contributed by atoms with E-state index in [1.807, 2.05) is 60.7 Å². The van der Waals surface area contributed by atoms with Crippen molar-refractivity contribution in [3.8, 4) is 0 Å². The second kappa shape index (κ2) is 10.0. The molecule has 0 bridgehead atoms. The van der Waals surface area contributed by atoms with Crippen LogP contribution in [0.1, 0.15) is 37.3 Å². The van der Waals surface area contributed by atoms with Crippen LogP contribution in [0.15, 0.2) is 72.8 Å². The summed E-state index contributed by atoms with van der Waals surface area (Å²) in [5.74, 6) is -0.424. The third kappa shape index (κ3) is 5.10. The molecule has 0 heterocycles. The number of benzene rings is 2. The number of hydrogen-bond donors (Lipinski definition) is 0. The highest BCUT2D eigenvalue weighted by atomic mass is 31.1. The Kier molecular flexibility index (Phi) is 7.71. The summed E-state index contributed by atoms with van der Waals surface area (Å²) in [6, 6.07) is 19.4. The number of rotatable bonds is 10. The molecule has 0 aliphatic carbocycles. The van der Waals surface area contributed by atoms with Crippen LogP contribution < -0.4 is 0 Å². The molecule has 0 aromatic heterocycles. The van der Waals surface area contributed by atoms with E-state index in [2.05, 4.69) is 6.58 Å². The first kappa shape index (κ1) is 20.0. The summed E-state index contributed by atoms with van der Waals surface area (Å²) in [5, 5.41) is 0. The van der Waals surface area contributed by atoms with Crippen molar-refractivity contribution in [2.24, 2.45) is 0 Å². The van der Waals surface area contributed by atoms with Gasteiger partial charge in [0, 0.05) is 16.7 Å². The smallest absolute Gasteiger partial charge is 0.334 e. The fourth-order valence-electron chi connectivity index (χ4n) is 2.86. The minimum Gasteiger partial charge on any atom is -0.446 e. The Balaban J connectivity index is 2.42. The summed E-state index contributed by atoms with van der Waals surface area (Å²) >= 11 is 0. The number of hydrogen-bond acceptors (Lipinski definition) is 4. The molecular formula is C21H23O4P. The fourth-order valence-corrected chi connectivity index (χ4v) is 3.07. The average Bonchev–Trinajstić information content (AvgIpc) is 2.68. The van der Waals surface area contributed by atoms with Crippen LogP contribution in [0.5, 0.6) is 0 Å². The molecule has 136 valence electrons. The molecule has 2 aromatic carbocycles. The molecular weight excluding hydrogens is 347 g/mol. The zero-order valence-electron chi connectivity index (χ0n) is 14.9. The summed E-state index contributed by atoms with van der Waals surface area (Å²) in [6.45, 7) is 5.75. The maximum Gasteiger partial charge on any atom is 0.334 e. The first-order valence-electron chi connectivity index (χ1n) is 8.54. The molecule has 0 unspecified atom stereocenters. The second-order valence-electron chi connectivity index (χ2n) is 6.09. The van der Waals surface area contributed by atoms with Crippen LogP contribution in [0, 0.1) is 0 Å². The molecule has 2 rings (SSSR count). The van der Waals surface area contributed by atoms with Gasteiger partial charge in [0.15, 0.2) is 5.60 Å². The average molecular weight is 370 g/mol. The Morgan fingerprint density at radius 2 is 1.54 bits per heavy atom. The Hall–Kier alpha value is -2.29. The number of esters is 1. The number of carbonyl (C=O) groups excluding carboxylic acids is 1. The maximum absolute atomic E-state index is 12.5. The summed E-state index contributed by atoms with van der Waals surface area (Å²) in [7, 11) is -0.316. The van der Waals surface area contributed by atoms with E-state index in [1.165, 1.54) is 0 Å². The van der Waals surface area contributed by atoms with Crippen molar-refractivity contribution >= 4 is 14.7 Å². The van der Waals surface area contributed by atoms with Gasteiger partial charge in [0.25, 0.3) is 0 Å². The molecule has 5 heteroatoms. The Morgan fingerprint density at radius 3 is 2.00 bits per heavy atom. The van der Waals surface area contributed by atoms with Crippen LogP contribution in [0.2, 0.25) is 0 Å². The van der Waals surface area contributed by atoms with E-state index >= 15 is 0 Å². The van der Waals surface area contributed by atoms with Crippen molar-refractivity contribution < 1.29 is 18.6 Å². The van der Waals surface area contributed by atoms with Gasteiger partial charge in [0.1, 0.15) is 0 Å². The predicted molar refractivity (Wildman–Crippen MR) is 102 cm³/mol. The number of ether oxygens (including phenoxy) is 1. The zero-order valence-corrected chi connectivity index (χ0v) is 15.8. The summed E-state index contributed by atoms with van der Waals surface area (Å²) in [6.07, 6.45) is 2.03. The molecule has 0 fully saturated rings. The molecule has 0 radical (unpaired) electrons. The first-order valence-corrected chi connectivity index (χ1v) is 9.27. The second-order valence-corrected chi connectivity index (χ2v) is 6.50. The SMILES string of the molecule is C=C(C)C(=O)OC(CCCCOP=O)(c1ccccc1)c1ccccc1. The summed E-state index contributed by atoms with van der Waals surface area (Å²) in [5.41, 5.74) is 1.26. The van der Waals surface area contributed by atoms with Crippen LogP contribution in [0.25, 0.3) is 0 Å². The van der Waals surface area contributed by atoms with Crippen LogP contribution in [-0.2, 0) is 24.2 Å². The van der Waals surface area contributed by atoms with Crippen molar-refractivity contribution in [1.82, 2.24) is 0 Å². The summed E-state index contributed by atoms with van der Waals surface area (Å²) in [4.78, 5) is 12.5. The van der Waals surface area contributed by atoms with Gasteiger partial charge in [-0.2, -0.15) is 0 Å². The van der Waals surface area contributed by atoms with Gasteiger partial charge in [-0.3, -0.25) is 4.52 Å². The zero-order chi connectivity index (χ0) is 18.8. The number of unbranched alkanes of at least 4 members (excludes halogenated alkanes) is 1. The molecule has 4 nitrogen and oxygen atoms in total. The monoisotopic (exact) mass is 370 g/mol. The van der Waals surface area contributed by atoms with Crippen LogP contribution in [0.4, 0.5) is 0 Å². The van der Waals surface area contributed by atoms with E-state index in [0.29, 0.717) is 25.0 Å². The highest BCUT2D eigenvalue weighted by Crippen LogP contribution is 2.39. The minimum absolute atomic E-state index is 0.316. The third-order valence-corrected chi connectivity index (χ3v) is 4.45. The van der Waals surface area contributed by atoms with Crippen molar-refractivity contribution in [1.29, 1.82) is 0 Å². The molecule has 0 saturated carbocycles. The van der Waals surface area contributed by atoms with Gasteiger partial charge in [-0.1, -0.05) is 67.2 Å². The van der Waals surface area contributed by atoms with Crippen molar-refractivity contribution in [3.05, 3.63) is 83.9 Å². The van der Waals surface area contributed by atoms with Crippen LogP contribution in [-0.4, -0.2) is 12.6 Å². The van der Waals surface area contributed by atoms with E-state index in [-0.39, 0.29) is 8.69 Å². The van der Waals surface area contributed by atoms with Gasteiger partial charge in [-0.25, -0.2) is 9.36 Å². The molecule has 0 amide bonds. The summed E-state index contributed by atoms with van der Waals surface area (Å²) < 4.78 is 21.3. The van der Waals surface area contributed by atoms with Crippen LogP contribution >= 0.6 is 8.69 Å². The van der Waals surface area contributed by atoms with Crippen molar-refractivity contribution in [3.63, 3.8) is 0 Å². The largest absolute Gasteiger partial charge is 0.446 e. The molecule has 0 atom stereocenters. The van der Waals surface area contributed by atoms with E-state index in [0.717, 1.165) is 17.5 Å². The highest BCUT2D eigenvalue weighted by Gasteiger charge is 2.38. The maximum atomic E-state index is 12.5. The quantitative estimate of drug-likeness (QED) is 0.242. The Morgan fingerprint density at radius 1 is 1.00 bits per heavy atom. The lowest BCUT2D eigenvalue weighted by Gasteiger charge is -2.35. The predicted octanol–water partition coefficient (Wildman–Crippen LogP) is 5.44. The van der Waals surface area contributed by atoms with E-state index in [4.69, 9.17) is 9.26 Å². The molecule has 0 aliphatic heterocycles. The molecule has 0 N–H and O–H groups in total. The molecule has 0 saturated heterocycles. The van der Waals surface area contributed by atoms with Gasteiger partial charge >= 0.3 is 14.7 Å². The standard InChI is InChI=1S/C21H23O4P/c1-17(2)20(22)25-21(15-9-10-16-24-26-23,18-11-5-3-6-12-18)19-13-7-4-8-14-19/h3-8,11-14H,1,9-10,15-16H2,2H3. The Labute approximate surface area is 156 Å². The normalized spacial score (nSPS) is 11.3. The van der Waals surface area contributed by atoms with Crippen molar-refractivity contribution in [2.75, 3.05) is 6.61 Å². The van der Waals surface area contributed by atoms with Gasteiger partial charge < -0.3 is 4.74 Å². The molecule has 2 aromatic rings. The van der Waals surface area contributed by atoms with Gasteiger partial charge in [0.2, 0.25) is 0 Å². The minimum atomic E-state index is -0.909. The van der Waals surface area contributed by atoms with Crippen molar-refractivity contribution in [2.45, 2.75) is 31.8 Å². The van der Waals surface area contributed by atoms with E-state index in [9.17, 15) is 9.36 Å². The lowest BCUT2D eigenvalue weighted by Crippen LogP contribution is -2.34. The lowest BCUT2D eigenvalue weighted by molar-refractivity contribution is -0.152. The van der Waals surface area contributed by atoms with E-state index in [1.54, 1.807) is 6.92 Å². The topological polar surface area (TPSA) is 52.6 Å². The van der Waals surface area contributed by atoms with Gasteiger partial charge in [-0.05, 0) is 26.2 Å². The first-order chi connectivity index (χ1) is 12.6. The molecule has 0 spiro atoms. The Bertz CT molecular complexity index is 689. The molecule has 26 heavy (non-hydrogen) atoms. The molecule has 0 aliphatic rings. The van der Waals surface area contributed by atoms with Gasteiger partial charge in [0.05, 0.1) is 6.61 Å².